The number of hydrogen-bond acceptors (Lipinski definition) is 3. The zero-order valence-electron chi connectivity index (χ0n) is 10.5. The van der Waals surface area contributed by atoms with Gasteiger partial charge in [-0.3, -0.25) is 0 Å². The van der Waals surface area contributed by atoms with Crippen molar-refractivity contribution in [3.63, 3.8) is 0 Å². The third kappa shape index (κ3) is 3.94. The van der Waals surface area contributed by atoms with Crippen LogP contribution in [0.5, 0.6) is 5.75 Å². The fourth-order valence-corrected chi connectivity index (χ4v) is 1.43. The summed E-state index contributed by atoms with van der Waals surface area (Å²) >= 11 is 0. The monoisotopic (exact) mass is 234 g/mol. The molecule has 0 radical (unpaired) electrons. The zero-order valence-corrected chi connectivity index (χ0v) is 10.5. The summed E-state index contributed by atoms with van der Waals surface area (Å²) in [5.41, 5.74) is 1.65. The molecule has 0 aliphatic rings. The van der Waals surface area contributed by atoms with Crippen LogP contribution in [-0.2, 0) is 9.53 Å². The quantitative estimate of drug-likeness (QED) is 0.580. The normalized spacial score (nSPS) is 11.1. The molecule has 0 saturated heterocycles. The van der Waals surface area contributed by atoms with Crippen molar-refractivity contribution >= 4 is 12.0 Å². The Morgan fingerprint density at radius 1 is 1.24 bits per heavy atom. The molecule has 0 aliphatic heterocycles. The van der Waals surface area contributed by atoms with Gasteiger partial charge in [0.1, 0.15) is 5.75 Å². The Bertz CT molecular complexity index is 390. The molecule has 1 rings (SSSR count). The lowest BCUT2D eigenvalue weighted by Crippen LogP contribution is -2.06. The molecular formula is C14H18O3. The first-order chi connectivity index (χ1) is 8.21. The van der Waals surface area contributed by atoms with Gasteiger partial charge in [-0.15, -0.1) is 0 Å². The zero-order chi connectivity index (χ0) is 12.7. The maximum atomic E-state index is 11.6. The predicted octanol–water partition coefficient (Wildman–Crippen LogP) is 3.05. The van der Waals surface area contributed by atoms with Gasteiger partial charge in [-0.25, -0.2) is 4.79 Å². The minimum absolute atomic E-state index is 0.245. The van der Waals surface area contributed by atoms with Gasteiger partial charge in [0.2, 0.25) is 0 Å². The number of esters is 1. The van der Waals surface area contributed by atoms with Crippen LogP contribution in [0.1, 0.15) is 25.8 Å². The van der Waals surface area contributed by atoms with Gasteiger partial charge >= 0.3 is 5.97 Å². The van der Waals surface area contributed by atoms with Gasteiger partial charge in [0.15, 0.2) is 0 Å². The molecule has 0 heterocycles. The second-order valence-electron chi connectivity index (χ2n) is 3.52. The fraction of sp³-hybridized carbons (Fsp3) is 0.357. The highest BCUT2D eigenvalue weighted by atomic mass is 16.5. The van der Waals surface area contributed by atoms with E-state index in [2.05, 4.69) is 0 Å². The van der Waals surface area contributed by atoms with E-state index in [1.807, 2.05) is 37.3 Å². The van der Waals surface area contributed by atoms with Crippen LogP contribution in [-0.4, -0.2) is 19.7 Å². The number of ether oxygens (including phenoxy) is 2. The van der Waals surface area contributed by atoms with Crippen molar-refractivity contribution < 1.29 is 14.3 Å². The maximum Gasteiger partial charge on any atom is 0.333 e. The third-order valence-electron chi connectivity index (χ3n) is 2.38. The Kier molecular flexibility index (Phi) is 5.27. The highest BCUT2D eigenvalue weighted by molar-refractivity contribution is 5.93. The molecule has 0 amide bonds. The number of methoxy groups -OCH3 is 1. The van der Waals surface area contributed by atoms with E-state index in [1.165, 1.54) is 0 Å². The lowest BCUT2D eigenvalue weighted by Gasteiger charge is -2.05. The lowest BCUT2D eigenvalue weighted by atomic mass is 10.1. The molecule has 0 bridgehead atoms. The maximum absolute atomic E-state index is 11.6. The van der Waals surface area contributed by atoms with E-state index in [4.69, 9.17) is 9.47 Å². The number of hydrogen-bond donors (Lipinski definition) is 0. The Morgan fingerprint density at radius 2 is 1.88 bits per heavy atom. The van der Waals surface area contributed by atoms with E-state index in [1.54, 1.807) is 14.0 Å². The Morgan fingerprint density at radius 3 is 2.35 bits per heavy atom. The SMILES string of the molecule is CCOC(=O)C(=Cc1ccc(OC)cc1)CC. The van der Waals surface area contributed by atoms with Crippen LogP contribution in [0.4, 0.5) is 0 Å². The molecule has 0 atom stereocenters. The molecular weight excluding hydrogens is 216 g/mol. The Labute approximate surface area is 102 Å². The fourth-order valence-electron chi connectivity index (χ4n) is 1.43. The summed E-state index contributed by atoms with van der Waals surface area (Å²) in [7, 11) is 1.63. The molecule has 0 fully saturated rings. The van der Waals surface area contributed by atoms with E-state index in [0.29, 0.717) is 18.6 Å². The van der Waals surface area contributed by atoms with Crippen molar-refractivity contribution in [2.45, 2.75) is 20.3 Å². The lowest BCUT2D eigenvalue weighted by molar-refractivity contribution is -0.138. The molecule has 0 spiro atoms. The van der Waals surface area contributed by atoms with Crippen LogP contribution in [0.15, 0.2) is 29.8 Å². The summed E-state index contributed by atoms with van der Waals surface area (Å²) in [5, 5.41) is 0. The van der Waals surface area contributed by atoms with Crippen molar-refractivity contribution in [2.75, 3.05) is 13.7 Å². The molecule has 0 N–H and O–H groups in total. The van der Waals surface area contributed by atoms with Crippen LogP contribution in [0.25, 0.3) is 6.08 Å². The molecule has 0 saturated carbocycles. The Balaban J connectivity index is 2.86. The average molecular weight is 234 g/mol. The number of carbonyl (C=O) groups excluding carboxylic acids is 1. The van der Waals surface area contributed by atoms with Gasteiger partial charge in [0.05, 0.1) is 13.7 Å². The van der Waals surface area contributed by atoms with Crippen molar-refractivity contribution in [1.29, 1.82) is 0 Å². The molecule has 17 heavy (non-hydrogen) atoms. The standard InChI is InChI=1S/C14H18O3/c1-4-12(14(15)17-5-2)10-11-6-8-13(16-3)9-7-11/h6-10H,4-5H2,1-3H3. The molecule has 0 aliphatic carbocycles. The van der Waals surface area contributed by atoms with Crippen molar-refractivity contribution in [2.24, 2.45) is 0 Å². The molecule has 0 unspecified atom stereocenters. The van der Waals surface area contributed by atoms with Gasteiger partial charge in [-0.2, -0.15) is 0 Å². The molecule has 0 aromatic heterocycles. The minimum Gasteiger partial charge on any atom is -0.497 e. The van der Waals surface area contributed by atoms with Crippen LogP contribution in [0.3, 0.4) is 0 Å². The molecule has 3 nitrogen and oxygen atoms in total. The molecule has 1 aromatic carbocycles. The first-order valence-corrected chi connectivity index (χ1v) is 5.73. The van der Waals surface area contributed by atoms with Gasteiger partial charge in [0, 0.05) is 5.57 Å². The highest BCUT2D eigenvalue weighted by Crippen LogP contribution is 2.15. The summed E-state index contributed by atoms with van der Waals surface area (Å²) in [6.07, 6.45) is 2.50. The highest BCUT2D eigenvalue weighted by Gasteiger charge is 2.07. The van der Waals surface area contributed by atoms with Crippen LogP contribution < -0.4 is 4.74 Å². The Hall–Kier alpha value is -1.77. The van der Waals surface area contributed by atoms with Crippen LogP contribution >= 0.6 is 0 Å². The van der Waals surface area contributed by atoms with E-state index in [-0.39, 0.29) is 5.97 Å². The predicted molar refractivity (Wildman–Crippen MR) is 67.9 cm³/mol. The minimum atomic E-state index is -0.245. The van der Waals surface area contributed by atoms with Gasteiger partial charge in [0.25, 0.3) is 0 Å². The first-order valence-electron chi connectivity index (χ1n) is 5.73. The van der Waals surface area contributed by atoms with E-state index < -0.39 is 0 Å². The average Bonchev–Trinajstić information content (AvgIpc) is 2.37. The molecule has 92 valence electrons. The molecule has 3 heteroatoms. The van der Waals surface area contributed by atoms with Crippen LogP contribution in [0, 0.1) is 0 Å². The second kappa shape index (κ2) is 6.74. The van der Waals surface area contributed by atoms with E-state index >= 15 is 0 Å². The summed E-state index contributed by atoms with van der Waals surface area (Å²) < 4.78 is 10.1. The largest absolute Gasteiger partial charge is 0.497 e. The number of rotatable bonds is 5. The van der Waals surface area contributed by atoms with Crippen molar-refractivity contribution in [3.05, 3.63) is 35.4 Å². The summed E-state index contributed by atoms with van der Waals surface area (Å²) in [5.74, 6) is 0.558. The smallest absolute Gasteiger partial charge is 0.333 e. The summed E-state index contributed by atoms with van der Waals surface area (Å²) in [6, 6.07) is 7.55. The van der Waals surface area contributed by atoms with E-state index in [9.17, 15) is 4.79 Å². The summed E-state index contributed by atoms with van der Waals surface area (Å²) in [6.45, 7) is 4.14. The van der Waals surface area contributed by atoms with E-state index in [0.717, 1.165) is 11.3 Å². The summed E-state index contributed by atoms with van der Waals surface area (Å²) in [4.78, 5) is 11.6. The van der Waals surface area contributed by atoms with Gasteiger partial charge < -0.3 is 9.47 Å². The second-order valence-corrected chi connectivity index (χ2v) is 3.52. The third-order valence-corrected chi connectivity index (χ3v) is 2.38. The van der Waals surface area contributed by atoms with Crippen molar-refractivity contribution in [3.8, 4) is 5.75 Å². The topological polar surface area (TPSA) is 35.5 Å². The van der Waals surface area contributed by atoms with Crippen molar-refractivity contribution in [1.82, 2.24) is 0 Å². The number of carbonyl (C=O) groups is 1. The van der Waals surface area contributed by atoms with Gasteiger partial charge in [-0.1, -0.05) is 19.1 Å². The number of benzene rings is 1. The van der Waals surface area contributed by atoms with Crippen LogP contribution in [0.2, 0.25) is 0 Å². The first kappa shape index (κ1) is 13.3. The van der Waals surface area contributed by atoms with Gasteiger partial charge in [-0.05, 0) is 37.1 Å². The molecule has 1 aromatic rings.